The quantitative estimate of drug-likeness (QED) is 0.466. The maximum absolute atomic E-state index is 11.4. The summed E-state index contributed by atoms with van der Waals surface area (Å²) in [4.78, 5) is 19.9. The van der Waals surface area contributed by atoms with Gasteiger partial charge in [-0.2, -0.15) is 0 Å². The van der Waals surface area contributed by atoms with Gasteiger partial charge in [-0.3, -0.25) is 9.78 Å². The number of carbonyl (C=O) groups excluding carboxylic acids is 1. The number of hydrogen-bond acceptors (Lipinski definition) is 4. The Balaban J connectivity index is 2.06. The van der Waals surface area contributed by atoms with Crippen molar-refractivity contribution in [3.63, 3.8) is 0 Å². The molecule has 0 saturated carbocycles. The Morgan fingerprint density at radius 2 is 2.15 bits per heavy atom. The number of rotatable bonds is 6. The summed E-state index contributed by atoms with van der Waals surface area (Å²) in [5.41, 5.74) is 1.87. The summed E-state index contributed by atoms with van der Waals surface area (Å²) in [7, 11) is -1.06. The monoisotopic (exact) mass is 291 g/mol. The van der Waals surface area contributed by atoms with Crippen LogP contribution in [-0.2, 0) is 11.5 Å². The van der Waals surface area contributed by atoms with Crippen molar-refractivity contribution in [1.82, 2.24) is 14.5 Å². The van der Waals surface area contributed by atoms with Crippen LogP contribution < -0.4 is 0 Å². The molecule has 20 heavy (non-hydrogen) atoms. The first-order valence-corrected chi connectivity index (χ1v) is 10.5. The minimum atomic E-state index is -1.06. The molecule has 0 atom stereocenters. The first kappa shape index (κ1) is 14.9. The van der Waals surface area contributed by atoms with Crippen LogP contribution >= 0.6 is 0 Å². The zero-order valence-corrected chi connectivity index (χ0v) is 13.5. The van der Waals surface area contributed by atoms with Crippen LogP contribution in [0.5, 0.6) is 0 Å². The fraction of sp³-hybridized carbons (Fsp3) is 0.500. The molecule has 2 aromatic rings. The maximum Gasteiger partial charge on any atom is 0.179 e. The predicted molar refractivity (Wildman–Crippen MR) is 81.6 cm³/mol. The average molecular weight is 291 g/mol. The summed E-state index contributed by atoms with van der Waals surface area (Å²) in [6.45, 7) is 9.68. The van der Waals surface area contributed by atoms with E-state index in [4.69, 9.17) is 4.74 Å². The van der Waals surface area contributed by atoms with E-state index in [1.165, 1.54) is 13.1 Å². The number of aromatic nitrogens is 3. The van der Waals surface area contributed by atoms with Crippen LogP contribution in [-0.4, -0.2) is 35.0 Å². The van der Waals surface area contributed by atoms with E-state index < -0.39 is 8.07 Å². The van der Waals surface area contributed by atoms with E-state index in [1.54, 1.807) is 0 Å². The van der Waals surface area contributed by atoms with Crippen LogP contribution in [0.4, 0.5) is 0 Å². The van der Waals surface area contributed by atoms with Gasteiger partial charge in [0.25, 0.3) is 0 Å². The van der Waals surface area contributed by atoms with E-state index in [-0.39, 0.29) is 5.78 Å². The molecule has 0 saturated heterocycles. The van der Waals surface area contributed by atoms with Crippen molar-refractivity contribution in [1.29, 1.82) is 0 Å². The maximum atomic E-state index is 11.4. The van der Waals surface area contributed by atoms with Gasteiger partial charge in [-0.1, -0.05) is 19.6 Å². The largest absolute Gasteiger partial charge is 0.361 e. The third-order valence-electron chi connectivity index (χ3n) is 3.05. The Labute approximate surface area is 120 Å². The Morgan fingerprint density at radius 1 is 1.40 bits per heavy atom. The lowest BCUT2D eigenvalue weighted by molar-refractivity contribution is 0.0897. The molecule has 0 N–H and O–H groups in total. The van der Waals surface area contributed by atoms with Gasteiger partial charge in [0.2, 0.25) is 0 Å². The third kappa shape index (κ3) is 3.74. The van der Waals surface area contributed by atoms with Crippen molar-refractivity contribution < 1.29 is 9.53 Å². The number of Topliss-reactive ketones (excluding diaryl/α,β-unsaturated/α-hetero) is 1. The molecule has 2 heterocycles. The highest BCUT2D eigenvalue weighted by atomic mass is 28.3. The van der Waals surface area contributed by atoms with Crippen LogP contribution in [0.2, 0.25) is 25.7 Å². The number of fused-ring (bicyclic) bond motifs is 1. The van der Waals surface area contributed by atoms with Gasteiger partial charge in [0, 0.05) is 27.8 Å². The molecular formula is C14H21N3O2Si. The number of ketones is 1. The number of ether oxygens (including phenoxy) is 1. The highest BCUT2D eigenvalue weighted by Gasteiger charge is 2.12. The van der Waals surface area contributed by atoms with Crippen molar-refractivity contribution >= 4 is 25.0 Å². The number of hydrogen-bond donors (Lipinski definition) is 0. The van der Waals surface area contributed by atoms with Gasteiger partial charge in [0.15, 0.2) is 11.4 Å². The Morgan fingerprint density at radius 3 is 2.80 bits per heavy atom. The van der Waals surface area contributed by atoms with E-state index in [9.17, 15) is 4.79 Å². The fourth-order valence-corrected chi connectivity index (χ4v) is 2.52. The molecule has 2 aromatic heterocycles. The molecule has 0 aliphatic heterocycles. The smallest absolute Gasteiger partial charge is 0.179 e. The lowest BCUT2D eigenvalue weighted by atomic mass is 10.3. The minimum Gasteiger partial charge on any atom is -0.361 e. The van der Waals surface area contributed by atoms with E-state index in [1.807, 2.05) is 16.8 Å². The molecule has 5 nitrogen and oxygen atoms in total. The summed E-state index contributed by atoms with van der Waals surface area (Å²) >= 11 is 0. The number of carbonyl (C=O) groups is 1. The molecule has 0 fully saturated rings. The van der Waals surface area contributed by atoms with Gasteiger partial charge in [-0.15, -0.1) is 0 Å². The molecule has 0 aliphatic rings. The lowest BCUT2D eigenvalue weighted by Crippen LogP contribution is -2.22. The van der Waals surface area contributed by atoms with Gasteiger partial charge in [0.1, 0.15) is 17.9 Å². The average Bonchev–Trinajstić information content (AvgIpc) is 2.76. The van der Waals surface area contributed by atoms with Crippen LogP contribution in [0.3, 0.4) is 0 Å². The van der Waals surface area contributed by atoms with Crippen molar-refractivity contribution in [2.24, 2.45) is 0 Å². The lowest BCUT2D eigenvalue weighted by Gasteiger charge is -2.15. The molecule has 0 unspecified atom stereocenters. The van der Waals surface area contributed by atoms with E-state index in [2.05, 4.69) is 29.6 Å². The molecular weight excluding hydrogens is 270 g/mol. The van der Waals surface area contributed by atoms with Gasteiger partial charge in [0.05, 0.1) is 6.20 Å². The first-order valence-electron chi connectivity index (χ1n) is 6.77. The SMILES string of the molecule is CC(=O)c1cnc2ccn(COCC[Si](C)(C)C)c2n1. The van der Waals surface area contributed by atoms with E-state index >= 15 is 0 Å². The van der Waals surface area contributed by atoms with Crippen molar-refractivity contribution in [2.45, 2.75) is 39.3 Å². The second kappa shape index (κ2) is 5.84. The second-order valence-electron chi connectivity index (χ2n) is 6.15. The highest BCUT2D eigenvalue weighted by molar-refractivity contribution is 6.76. The molecule has 2 rings (SSSR count). The molecule has 0 bridgehead atoms. The Kier molecular flexibility index (Phi) is 4.34. The standard InChI is InChI=1S/C14H21N3O2Si/c1-11(18)13-9-15-12-5-6-17(14(12)16-13)10-19-7-8-20(2,3)4/h5-6,9H,7-8,10H2,1-4H3. The summed E-state index contributed by atoms with van der Waals surface area (Å²) in [5, 5.41) is 0. The summed E-state index contributed by atoms with van der Waals surface area (Å²) in [6.07, 6.45) is 3.41. The fourth-order valence-electron chi connectivity index (χ4n) is 1.76. The normalized spacial score (nSPS) is 12.0. The van der Waals surface area contributed by atoms with Crippen LogP contribution in [0.15, 0.2) is 18.5 Å². The highest BCUT2D eigenvalue weighted by Crippen LogP contribution is 2.13. The van der Waals surface area contributed by atoms with Crippen LogP contribution in [0.1, 0.15) is 17.4 Å². The summed E-state index contributed by atoms with van der Waals surface area (Å²) < 4.78 is 7.60. The van der Waals surface area contributed by atoms with Crippen molar-refractivity contribution in [3.8, 4) is 0 Å². The summed E-state index contributed by atoms with van der Waals surface area (Å²) in [6, 6.07) is 3.02. The van der Waals surface area contributed by atoms with Crippen LogP contribution in [0.25, 0.3) is 11.2 Å². The second-order valence-corrected chi connectivity index (χ2v) is 11.8. The van der Waals surface area contributed by atoms with Gasteiger partial charge < -0.3 is 9.30 Å². The zero-order chi connectivity index (χ0) is 14.8. The minimum absolute atomic E-state index is 0.0770. The zero-order valence-electron chi connectivity index (χ0n) is 12.5. The Bertz CT molecular complexity index is 616. The van der Waals surface area contributed by atoms with Crippen LogP contribution in [0, 0.1) is 0 Å². The molecule has 0 aromatic carbocycles. The summed E-state index contributed by atoms with van der Waals surface area (Å²) in [5.74, 6) is -0.0770. The topological polar surface area (TPSA) is 57.0 Å². The number of nitrogens with zero attached hydrogens (tertiary/aromatic N) is 3. The molecule has 0 amide bonds. The molecule has 108 valence electrons. The third-order valence-corrected chi connectivity index (χ3v) is 4.76. The van der Waals surface area contributed by atoms with Gasteiger partial charge in [-0.25, -0.2) is 4.98 Å². The molecule has 0 aliphatic carbocycles. The first-order chi connectivity index (χ1) is 9.37. The van der Waals surface area contributed by atoms with E-state index in [0.29, 0.717) is 18.1 Å². The predicted octanol–water partition coefficient (Wildman–Crippen LogP) is 2.95. The molecule has 0 spiro atoms. The van der Waals surface area contributed by atoms with Gasteiger partial charge in [-0.05, 0) is 12.1 Å². The molecule has 6 heteroatoms. The Hall–Kier alpha value is -1.53. The van der Waals surface area contributed by atoms with Crippen molar-refractivity contribution in [2.75, 3.05) is 6.61 Å². The van der Waals surface area contributed by atoms with E-state index in [0.717, 1.165) is 18.2 Å². The van der Waals surface area contributed by atoms with Crippen molar-refractivity contribution in [3.05, 3.63) is 24.2 Å². The van der Waals surface area contributed by atoms with Gasteiger partial charge >= 0.3 is 0 Å². The molecule has 0 radical (unpaired) electrons.